The second-order valence-corrected chi connectivity index (χ2v) is 7.41. The average molecular weight is 329 g/mol. The normalized spacial score (nSPS) is 25.5. The summed E-state index contributed by atoms with van der Waals surface area (Å²) in [5, 5.41) is 4.01. The first-order valence-electron chi connectivity index (χ1n) is 7.99. The number of fused-ring (bicyclic) bond motifs is 1. The van der Waals surface area contributed by atoms with E-state index in [-0.39, 0.29) is 6.09 Å². The van der Waals surface area contributed by atoms with Crippen molar-refractivity contribution in [3.8, 4) is 11.5 Å². The van der Waals surface area contributed by atoms with Gasteiger partial charge in [-0.15, -0.1) is 0 Å². The zero-order valence-corrected chi connectivity index (χ0v) is 13.9. The third kappa shape index (κ3) is 2.33. The van der Waals surface area contributed by atoms with Crippen LogP contribution in [0.5, 0.6) is 0 Å². The molecule has 0 unspecified atom stereocenters. The molecule has 8 nitrogen and oxygen atoms in total. The lowest BCUT2D eigenvalue weighted by atomic mass is 9.73. The van der Waals surface area contributed by atoms with Gasteiger partial charge < -0.3 is 9.26 Å². The molecular formula is C16H19N5O3. The molecule has 3 aliphatic rings. The minimum atomic E-state index is -0.536. The van der Waals surface area contributed by atoms with Gasteiger partial charge in [0.1, 0.15) is 23.2 Å². The van der Waals surface area contributed by atoms with E-state index in [1.165, 1.54) is 6.33 Å². The minimum Gasteiger partial charge on any atom is -0.444 e. The van der Waals surface area contributed by atoms with Crippen molar-refractivity contribution in [2.24, 2.45) is 5.92 Å². The lowest BCUT2D eigenvalue weighted by Crippen LogP contribution is -2.47. The van der Waals surface area contributed by atoms with E-state index in [1.54, 1.807) is 17.2 Å². The number of amides is 1. The van der Waals surface area contributed by atoms with Crippen LogP contribution in [-0.2, 0) is 10.3 Å². The number of hydrogen-bond acceptors (Lipinski definition) is 7. The summed E-state index contributed by atoms with van der Waals surface area (Å²) in [5.74, 6) is 1.32. The Morgan fingerprint density at radius 2 is 2.21 bits per heavy atom. The molecule has 2 aliphatic heterocycles. The summed E-state index contributed by atoms with van der Waals surface area (Å²) in [6.45, 7) is 6.24. The maximum atomic E-state index is 12.5. The third-order valence-corrected chi connectivity index (χ3v) is 4.46. The fraction of sp³-hybridized carbons (Fsp3) is 0.562. The lowest BCUT2D eigenvalue weighted by Gasteiger charge is -2.38. The summed E-state index contributed by atoms with van der Waals surface area (Å²) in [7, 11) is 0. The zero-order chi connectivity index (χ0) is 16.9. The molecule has 2 aromatic heterocycles. The molecule has 3 fully saturated rings. The predicted molar refractivity (Wildman–Crippen MR) is 82.7 cm³/mol. The van der Waals surface area contributed by atoms with E-state index >= 15 is 0 Å². The summed E-state index contributed by atoms with van der Waals surface area (Å²) < 4.78 is 11.0. The zero-order valence-electron chi connectivity index (χ0n) is 13.9. The third-order valence-electron chi connectivity index (χ3n) is 4.46. The van der Waals surface area contributed by atoms with Crippen LogP contribution in [0.2, 0.25) is 0 Å². The quantitative estimate of drug-likeness (QED) is 0.834. The molecule has 8 heteroatoms. The fourth-order valence-electron chi connectivity index (χ4n) is 3.47. The van der Waals surface area contributed by atoms with Crippen molar-refractivity contribution in [1.29, 1.82) is 0 Å². The molecule has 1 amide bonds. The number of hydrogen-bond donors (Lipinski definition) is 0. The highest BCUT2D eigenvalue weighted by atomic mass is 16.6. The average Bonchev–Trinajstić information content (AvgIpc) is 3.18. The predicted octanol–water partition coefficient (Wildman–Crippen LogP) is 2.38. The number of aromatic nitrogens is 4. The van der Waals surface area contributed by atoms with Crippen molar-refractivity contribution in [1.82, 2.24) is 25.0 Å². The molecule has 0 atom stereocenters. The van der Waals surface area contributed by atoms with Gasteiger partial charge in [-0.2, -0.15) is 4.98 Å². The molecule has 1 aliphatic carbocycles. The first-order chi connectivity index (χ1) is 11.4. The first-order valence-corrected chi connectivity index (χ1v) is 7.99. The van der Waals surface area contributed by atoms with E-state index in [0.717, 1.165) is 12.8 Å². The molecule has 0 spiro atoms. The van der Waals surface area contributed by atoms with Gasteiger partial charge in [-0.3, -0.25) is 4.90 Å². The highest BCUT2D eigenvalue weighted by Crippen LogP contribution is 2.57. The van der Waals surface area contributed by atoms with Gasteiger partial charge in [0.2, 0.25) is 5.82 Å². The molecule has 1 saturated carbocycles. The van der Waals surface area contributed by atoms with Crippen molar-refractivity contribution in [2.75, 3.05) is 6.54 Å². The van der Waals surface area contributed by atoms with Gasteiger partial charge in [0.15, 0.2) is 0 Å². The number of rotatable bonds is 2. The standard InChI is InChI=1S/C16H19N5O3/c1-15(2,3)23-14(22)21-8-10-6-16(21,7-10)13-19-12(20-24-13)11-4-5-17-9-18-11/h4-5,9-10H,6-8H2,1-3H3. The van der Waals surface area contributed by atoms with Gasteiger partial charge in [0, 0.05) is 12.7 Å². The fourth-order valence-corrected chi connectivity index (χ4v) is 3.47. The van der Waals surface area contributed by atoms with Gasteiger partial charge in [-0.05, 0) is 45.6 Å². The van der Waals surface area contributed by atoms with E-state index in [9.17, 15) is 4.79 Å². The summed E-state index contributed by atoms with van der Waals surface area (Å²) in [6.07, 6.45) is 4.39. The number of nitrogens with zero attached hydrogens (tertiary/aromatic N) is 5. The van der Waals surface area contributed by atoms with Gasteiger partial charge in [-0.25, -0.2) is 14.8 Å². The second kappa shape index (κ2) is 4.99. The van der Waals surface area contributed by atoms with E-state index in [1.807, 2.05) is 20.8 Å². The molecule has 24 heavy (non-hydrogen) atoms. The Balaban J connectivity index is 1.61. The summed E-state index contributed by atoms with van der Waals surface area (Å²) in [5.41, 5.74) is -0.480. The van der Waals surface area contributed by atoms with Crippen LogP contribution < -0.4 is 0 Å². The molecule has 2 aromatic rings. The lowest BCUT2D eigenvalue weighted by molar-refractivity contribution is -0.00258. The van der Waals surface area contributed by atoms with Crippen LogP contribution in [0, 0.1) is 5.92 Å². The molecule has 0 aromatic carbocycles. The van der Waals surface area contributed by atoms with Crippen LogP contribution in [0.4, 0.5) is 4.79 Å². The van der Waals surface area contributed by atoms with Crippen LogP contribution in [0.1, 0.15) is 39.5 Å². The smallest absolute Gasteiger partial charge is 0.411 e. The van der Waals surface area contributed by atoms with E-state index in [4.69, 9.17) is 9.26 Å². The highest BCUT2D eigenvalue weighted by molar-refractivity contribution is 5.71. The molecule has 4 heterocycles. The molecule has 0 radical (unpaired) electrons. The number of carbonyl (C=O) groups is 1. The topological polar surface area (TPSA) is 94.2 Å². The minimum absolute atomic E-state index is 0.329. The van der Waals surface area contributed by atoms with E-state index < -0.39 is 11.1 Å². The summed E-state index contributed by atoms with van der Waals surface area (Å²) in [4.78, 5) is 26.8. The van der Waals surface area contributed by atoms with Gasteiger partial charge >= 0.3 is 6.09 Å². The number of carbonyl (C=O) groups excluding carboxylic acids is 1. The maximum Gasteiger partial charge on any atom is 0.411 e. The maximum absolute atomic E-state index is 12.5. The molecular weight excluding hydrogens is 310 g/mol. The SMILES string of the molecule is CC(C)(C)OC(=O)N1CC2CC1(c1nc(-c3ccncn3)no1)C2. The molecule has 2 saturated heterocycles. The first kappa shape index (κ1) is 15.0. The van der Waals surface area contributed by atoms with Gasteiger partial charge in [-0.1, -0.05) is 5.16 Å². The van der Waals surface area contributed by atoms with Crippen LogP contribution in [0.3, 0.4) is 0 Å². The Kier molecular flexibility index (Phi) is 3.13. The Labute approximate surface area is 139 Å². The molecule has 126 valence electrons. The van der Waals surface area contributed by atoms with Crippen LogP contribution in [0.25, 0.3) is 11.5 Å². The van der Waals surface area contributed by atoms with Crippen molar-refractivity contribution in [3.05, 3.63) is 24.5 Å². The molecule has 5 rings (SSSR count). The molecule has 2 bridgehead atoms. The van der Waals surface area contributed by atoms with Crippen LogP contribution in [-0.4, -0.2) is 43.2 Å². The van der Waals surface area contributed by atoms with Crippen LogP contribution >= 0.6 is 0 Å². The van der Waals surface area contributed by atoms with Crippen molar-refractivity contribution in [3.63, 3.8) is 0 Å². The Hall–Kier alpha value is -2.51. The monoisotopic (exact) mass is 329 g/mol. The van der Waals surface area contributed by atoms with Crippen molar-refractivity contribution < 1.29 is 14.1 Å². The Morgan fingerprint density at radius 1 is 1.42 bits per heavy atom. The summed E-state index contributed by atoms with van der Waals surface area (Å²) in [6, 6.07) is 1.72. The Bertz CT molecular complexity index is 762. The second-order valence-electron chi connectivity index (χ2n) is 7.41. The Morgan fingerprint density at radius 3 is 2.88 bits per heavy atom. The van der Waals surface area contributed by atoms with E-state index in [0.29, 0.717) is 29.9 Å². The van der Waals surface area contributed by atoms with Crippen molar-refractivity contribution in [2.45, 2.75) is 44.8 Å². The van der Waals surface area contributed by atoms with Crippen molar-refractivity contribution >= 4 is 6.09 Å². The van der Waals surface area contributed by atoms with E-state index in [2.05, 4.69) is 20.1 Å². The van der Waals surface area contributed by atoms with Gasteiger partial charge in [0.05, 0.1) is 0 Å². The summed E-state index contributed by atoms with van der Waals surface area (Å²) >= 11 is 0. The number of ether oxygens (including phenoxy) is 1. The van der Waals surface area contributed by atoms with Gasteiger partial charge in [0.25, 0.3) is 5.89 Å². The largest absolute Gasteiger partial charge is 0.444 e. The molecule has 0 N–H and O–H groups in total. The highest BCUT2D eigenvalue weighted by Gasteiger charge is 2.63. The van der Waals surface area contributed by atoms with Crippen LogP contribution in [0.15, 0.2) is 23.1 Å².